The van der Waals surface area contributed by atoms with Crippen LogP contribution in [-0.2, 0) is 5.41 Å². The maximum Gasteiger partial charge on any atom is 0.118 e. The Labute approximate surface area is 134 Å². The zero-order valence-electron chi connectivity index (χ0n) is 14.5. The van der Waals surface area contributed by atoms with Crippen molar-refractivity contribution in [2.24, 2.45) is 0 Å². The van der Waals surface area contributed by atoms with Gasteiger partial charge < -0.3 is 14.6 Å². The van der Waals surface area contributed by atoms with E-state index in [1.165, 1.54) is 5.56 Å². The zero-order chi connectivity index (χ0) is 17.0. The highest BCUT2D eigenvalue weighted by Gasteiger charge is 2.12. The monoisotopic (exact) mass is 304 g/mol. The molecule has 1 N–H and O–H groups in total. The van der Waals surface area contributed by atoms with Crippen LogP contribution in [0.5, 0.6) is 11.5 Å². The molecule has 0 radical (unpaired) electrons. The van der Waals surface area contributed by atoms with Gasteiger partial charge in [0.15, 0.2) is 0 Å². The van der Waals surface area contributed by atoms with E-state index < -0.39 is 0 Å². The molecule has 22 heavy (non-hydrogen) atoms. The number of rotatable bonds is 2. The van der Waals surface area contributed by atoms with Crippen molar-refractivity contribution in [1.29, 1.82) is 0 Å². The molecule has 2 rings (SSSR count). The lowest BCUT2D eigenvalue weighted by Crippen LogP contribution is -2.10. The van der Waals surface area contributed by atoms with Crippen LogP contribution in [0.25, 0.3) is 0 Å². The quantitative estimate of drug-likeness (QED) is 0.899. The summed E-state index contributed by atoms with van der Waals surface area (Å²) in [7, 11) is 4.35. The van der Waals surface area contributed by atoms with Gasteiger partial charge in [-0.15, -0.1) is 0 Å². The third kappa shape index (κ3) is 7.70. The van der Waals surface area contributed by atoms with Gasteiger partial charge in [-0.3, -0.25) is 0 Å². The lowest BCUT2D eigenvalue weighted by molar-refractivity contribution is 0.399. The van der Waals surface area contributed by atoms with Crippen LogP contribution in [0, 0.1) is 0 Å². The lowest BCUT2D eigenvalue weighted by atomic mass is 9.87. The van der Waals surface area contributed by atoms with Gasteiger partial charge in [0.1, 0.15) is 11.5 Å². The van der Waals surface area contributed by atoms with Crippen LogP contribution in [0.4, 0.5) is 0 Å². The Hall–Kier alpha value is -2.00. The first-order valence-electron chi connectivity index (χ1n) is 7.15. The van der Waals surface area contributed by atoms with Gasteiger partial charge in [-0.1, -0.05) is 51.1 Å². The van der Waals surface area contributed by atoms with E-state index >= 15 is 0 Å². The largest absolute Gasteiger partial charge is 0.497 e. The minimum Gasteiger partial charge on any atom is -0.497 e. The maximum absolute atomic E-state index is 7.00. The Morgan fingerprint density at radius 2 is 1.09 bits per heavy atom. The summed E-state index contributed by atoms with van der Waals surface area (Å²) >= 11 is 0. The molecule has 122 valence electrons. The highest BCUT2D eigenvalue weighted by molar-refractivity contribution is 5.30. The Balaban J connectivity index is 0.000000382. The molecule has 0 spiro atoms. The van der Waals surface area contributed by atoms with E-state index in [1.807, 2.05) is 42.5 Å². The molecular formula is C19H28O3. The Morgan fingerprint density at radius 1 is 0.682 bits per heavy atom. The summed E-state index contributed by atoms with van der Waals surface area (Å²) in [6, 6.07) is 17.9. The molecule has 0 amide bonds. The van der Waals surface area contributed by atoms with Crippen LogP contribution >= 0.6 is 0 Å². The fraction of sp³-hybridized carbons (Fsp3) is 0.368. The van der Waals surface area contributed by atoms with E-state index in [9.17, 15) is 0 Å². The molecule has 0 aliphatic rings. The Morgan fingerprint density at radius 3 is 1.41 bits per heavy atom. The van der Waals surface area contributed by atoms with Crippen molar-refractivity contribution < 1.29 is 14.6 Å². The maximum atomic E-state index is 7.00. The van der Waals surface area contributed by atoms with E-state index in [1.54, 1.807) is 14.2 Å². The fourth-order valence-corrected chi connectivity index (χ4v) is 1.65. The minimum atomic E-state index is 0.228. The average molecular weight is 304 g/mol. The standard InChI is InChI=1S/C11H16O.C7H8O.CH4O/c1-11(2,3)9-5-7-10(12-4)8-6-9;1-8-7-5-3-2-4-6-7;1-2/h5-8H,1-4H3;2-6H,1H3;2H,1H3. The van der Waals surface area contributed by atoms with E-state index in [-0.39, 0.29) is 5.41 Å². The predicted molar refractivity (Wildman–Crippen MR) is 92.8 cm³/mol. The van der Waals surface area contributed by atoms with Crippen LogP contribution in [0.15, 0.2) is 54.6 Å². The number of para-hydroxylation sites is 1. The summed E-state index contributed by atoms with van der Waals surface area (Å²) in [5.41, 5.74) is 1.56. The van der Waals surface area contributed by atoms with Crippen LogP contribution in [0.1, 0.15) is 26.3 Å². The highest BCUT2D eigenvalue weighted by Crippen LogP contribution is 2.23. The molecule has 0 heterocycles. The average Bonchev–Trinajstić information content (AvgIpc) is 2.57. The van der Waals surface area contributed by atoms with Crippen molar-refractivity contribution in [3.8, 4) is 11.5 Å². The number of hydrogen-bond acceptors (Lipinski definition) is 3. The third-order valence-corrected chi connectivity index (χ3v) is 2.93. The minimum absolute atomic E-state index is 0.228. The number of aliphatic hydroxyl groups excluding tert-OH is 1. The van der Waals surface area contributed by atoms with E-state index in [0.29, 0.717) is 0 Å². The summed E-state index contributed by atoms with van der Waals surface area (Å²) in [6.45, 7) is 6.61. The van der Waals surface area contributed by atoms with Gasteiger partial charge in [-0.25, -0.2) is 0 Å². The first-order chi connectivity index (χ1) is 10.5. The molecule has 0 bridgehead atoms. The molecule has 0 atom stereocenters. The molecule has 3 heteroatoms. The van der Waals surface area contributed by atoms with Gasteiger partial charge in [0.2, 0.25) is 0 Å². The van der Waals surface area contributed by atoms with E-state index in [4.69, 9.17) is 14.6 Å². The van der Waals surface area contributed by atoms with E-state index in [2.05, 4.69) is 32.9 Å². The molecule has 0 aromatic heterocycles. The van der Waals surface area contributed by atoms with Crippen molar-refractivity contribution >= 4 is 0 Å². The van der Waals surface area contributed by atoms with Crippen LogP contribution in [0.3, 0.4) is 0 Å². The van der Waals surface area contributed by atoms with Gasteiger partial charge in [-0.05, 0) is 35.2 Å². The highest BCUT2D eigenvalue weighted by atomic mass is 16.5. The van der Waals surface area contributed by atoms with Gasteiger partial charge in [0.05, 0.1) is 14.2 Å². The smallest absolute Gasteiger partial charge is 0.118 e. The topological polar surface area (TPSA) is 38.7 Å². The molecule has 2 aromatic rings. The SMILES string of the molecule is CO.COc1ccc(C(C)(C)C)cc1.COc1ccccc1. The zero-order valence-corrected chi connectivity index (χ0v) is 14.5. The molecule has 2 aromatic carbocycles. The van der Waals surface area contributed by atoms with Crippen molar-refractivity contribution in [1.82, 2.24) is 0 Å². The normalized spacial score (nSPS) is 9.59. The van der Waals surface area contributed by atoms with Crippen LogP contribution in [-0.4, -0.2) is 26.4 Å². The van der Waals surface area contributed by atoms with Gasteiger partial charge >= 0.3 is 0 Å². The number of methoxy groups -OCH3 is 2. The van der Waals surface area contributed by atoms with Gasteiger partial charge in [0, 0.05) is 7.11 Å². The second-order valence-electron chi connectivity index (χ2n) is 5.50. The Kier molecular flexibility index (Phi) is 9.72. The molecular weight excluding hydrogens is 276 g/mol. The molecule has 0 aliphatic carbocycles. The van der Waals surface area contributed by atoms with Crippen molar-refractivity contribution in [2.75, 3.05) is 21.3 Å². The number of ether oxygens (including phenoxy) is 2. The number of aliphatic hydroxyl groups is 1. The lowest BCUT2D eigenvalue weighted by Gasteiger charge is -2.18. The number of benzene rings is 2. The van der Waals surface area contributed by atoms with Crippen molar-refractivity contribution in [2.45, 2.75) is 26.2 Å². The summed E-state index contributed by atoms with van der Waals surface area (Å²) in [4.78, 5) is 0. The fourth-order valence-electron chi connectivity index (χ4n) is 1.65. The summed E-state index contributed by atoms with van der Waals surface area (Å²) in [5, 5.41) is 7.00. The first kappa shape index (κ1) is 20.0. The van der Waals surface area contributed by atoms with Gasteiger partial charge in [0.25, 0.3) is 0 Å². The van der Waals surface area contributed by atoms with Crippen LogP contribution < -0.4 is 9.47 Å². The second kappa shape index (κ2) is 10.7. The Bertz CT molecular complexity index is 484. The summed E-state index contributed by atoms with van der Waals surface area (Å²) in [5.74, 6) is 1.83. The molecule has 0 saturated carbocycles. The predicted octanol–water partition coefficient (Wildman–Crippen LogP) is 4.30. The molecule has 0 saturated heterocycles. The van der Waals surface area contributed by atoms with Gasteiger partial charge in [-0.2, -0.15) is 0 Å². The summed E-state index contributed by atoms with van der Waals surface area (Å²) in [6.07, 6.45) is 0. The van der Waals surface area contributed by atoms with Crippen LogP contribution in [0.2, 0.25) is 0 Å². The van der Waals surface area contributed by atoms with Crippen molar-refractivity contribution in [3.05, 3.63) is 60.2 Å². The molecule has 3 nitrogen and oxygen atoms in total. The first-order valence-corrected chi connectivity index (χ1v) is 7.15. The van der Waals surface area contributed by atoms with E-state index in [0.717, 1.165) is 18.6 Å². The number of hydrogen-bond donors (Lipinski definition) is 1. The molecule has 0 aliphatic heterocycles. The second-order valence-corrected chi connectivity index (χ2v) is 5.50. The summed E-state index contributed by atoms with van der Waals surface area (Å²) < 4.78 is 10.00. The molecule has 0 fully saturated rings. The van der Waals surface area contributed by atoms with Crippen molar-refractivity contribution in [3.63, 3.8) is 0 Å². The third-order valence-electron chi connectivity index (χ3n) is 2.93. The molecule has 0 unspecified atom stereocenters.